The molecular formula is C27H28FN5O5. The molecule has 2 saturated heterocycles. The van der Waals surface area contributed by atoms with Crippen LogP contribution in [-0.2, 0) is 9.53 Å². The first-order valence-electron chi connectivity index (χ1n) is 12.6. The van der Waals surface area contributed by atoms with E-state index in [9.17, 15) is 4.79 Å². The fraction of sp³-hybridized carbons (Fsp3) is 0.407. The summed E-state index contributed by atoms with van der Waals surface area (Å²) in [5.74, 6) is 0.779. The van der Waals surface area contributed by atoms with Crippen molar-refractivity contribution in [3.05, 3.63) is 42.2 Å². The van der Waals surface area contributed by atoms with Gasteiger partial charge in [0.05, 0.1) is 54.8 Å². The van der Waals surface area contributed by atoms with Crippen molar-refractivity contribution < 1.29 is 28.1 Å². The molecule has 2 aliphatic heterocycles. The standard InChI is InChI=1S/C27H28FN5O5/c1-16-7-18-24(28)22(10-29-25(18)32-16)38-26-17-8-20(35-2)21(9-19(17)30-15-31-26)37-6-4-3-5-23(34)33-11-27(12-33)13-36-14-27/h7-10,15H,3-6,11-14H2,1-2H3,(H,29,32). The van der Waals surface area contributed by atoms with Gasteiger partial charge < -0.3 is 28.8 Å². The van der Waals surface area contributed by atoms with Crippen molar-refractivity contribution in [1.29, 1.82) is 0 Å². The van der Waals surface area contributed by atoms with Crippen molar-refractivity contribution >= 4 is 27.8 Å². The molecule has 0 radical (unpaired) electrons. The number of nitrogens with zero attached hydrogens (tertiary/aromatic N) is 4. The summed E-state index contributed by atoms with van der Waals surface area (Å²) < 4.78 is 37.6. The fourth-order valence-electron chi connectivity index (χ4n) is 4.96. The third-order valence-corrected chi connectivity index (χ3v) is 7.05. The molecule has 2 fully saturated rings. The molecule has 1 spiro atoms. The summed E-state index contributed by atoms with van der Waals surface area (Å²) in [6.45, 7) is 5.43. The molecule has 2 aliphatic rings. The molecule has 198 valence electrons. The predicted molar refractivity (Wildman–Crippen MR) is 136 cm³/mol. The van der Waals surface area contributed by atoms with E-state index in [1.165, 1.54) is 19.6 Å². The Morgan fingerprint density at radius 1 is 1.11 bits per heavy atom. The molecule has 3 aromatic heterocycles. The van der Waals surface area contributed by atoms with Crippen molar-refractivity contribution in [3.8, 4) is 23.1 Å². The maximum atomic E-state index is 15.0. The lowest BCUT2D eigenvalue weighted by Gasteiger charge is -2.55. The number of methoxy groups -OCH3 is 1. The normalized spacial score (nSPS) is 15.9. The van der Waals surface area contributed by atoms with E-state index in [-0.39, 0.29) is 23.0 Å². The zero-order valence-electron chi connectivity index (χ0n) is 21.3. The van der Waals surface area contributed by atoms with Gasteiger partial charge in [-0.2, -0.15) is 0 Å². The van der Waals surface area contributed by atoms with Gasteiger partial charge in [0.1, 0.15) is 12.0 Å². The van der Waals surface area contributed by atoms with Gasteiger partial charge in [-0.25, -0.2) is 19.3 Å². The highest BCUT2D eigenvalue weighted by Gasteiger charge is 2.50. The zero-order chi connectivity index (χ0) is 26.3. The van der Waals surface area contributed by atoms with Gasteiger partial charge in [0.15, 0.2) is 23.1 Å². The largest absolute Gasteiger partial charge is 0.493 e. The van der Waals surface area contributed by atoms with E-state index in [1.54, 1.807) is 18.2 Å². The van der Waals surface area contributed by atoms with E-state index >= 15 is 4.39 Å². The zero-order valence-corrected chi connectivity index (χ0v) is 21.3. The molecule has 0 aliphatic carbocycles. The Morgan fingerprint density at radius 2 is 1.95 bits per heavy atom. The third kappa shape index (κ3) is 4.47. The van der Waals surface area contributed by atoms with Crippen LogP contribution in [0.2, 0.25) is 0 Å². The highest BCUT2D eigenvalue weighted by atomic mass is 19.1. The second kappa shape index (κ2) is 9.71. The Kier molecular flexibility index (Phi) is 6.22. The number of carbonyl (C=O) groups excluding carboxylic acids is 1. The van der Waals surface area contributed by atoms with E-state index < -0.39 is 5.82 Å². The number of aryl methyl sites for hydroxylation is 1. The minimum absolute atomic E-state index is 0.0419. The highest BCUT2D eigenvalue weighted by molar-refractivity contribution is 5.87. The van der Waals surface area contributed by atoms with Crippen molar-refractivity contribution in [1.82, 2.24) is 24.8 Å². The minimum Gasteiger partial charge on any atom is -0.493 e. The van der Waals surface area contributed by atoms with Crippen LogP contribution in [0.1, 0.15) is 25.0 Å². The fourth-order valence-corrected chi connectivity index (χ4v) is 4.96. The van der Waals surface area contributed by atoms with Crippen LogP contribution in [0.25, 0.3) is 21.9 Å². The molecular weight excluding hydrogens is 493 g/mol. The summed E-state index contributed by atoms with van der Waals surface area (Å²) in [6.07, 6.45) is 4.63. The molecule has 4 aromatic rings. The van der Waals surface area contributed by atoms with Gasteiger partial charge >= 0.3 is 0 Å². The van der Waals surface area contributed by atoms with Gasteiger partial charge in [-0.15, -0.1) is 0 Å². The first kappa shape index (κ1) is 24.4. The summed E-state index contributed by atoms with van der Waals surface area (Å²) in [4.78, 5) is 30.0. The first-order chi connectivity index (χ1) is 18.4. The lowest BCUT2D eigenvalue weighted by Crippen LogP contribution is -2.67. The molecule has 10 nitrogen and oxygen atoms in total. The molecule has 6 rings (SSSR count). The lowest BCUT2D eigenvalue weighted by atomic mass is 9.78. The number of likely N-dealkylation sites (tertiary alicyclic amines) is 1. The van der Waals surface area contributed by atoms with Gasteiger partial charge in [0, 0.05) is 31.3 Å². The van der Waals surface area contributed by atoms with Crippen LogP contribution in [0.5, 0.6) is 23.1 Å². The monoisotopic (exact) mass is 521 g/mol. The van der Waals surface area contributed by atoms with E-state index in [1.807, 2.05) is 11.8 Å². The predicted octanol–water partition coefficient (Wildman–Crippen LogP) is 4.16. The first-order valence-corrected chi connectivity index (χ1v) is 12.6. The molecule has 0 saturated carbocycles. The number of aromatic amines is 1. The Bertz CT molecular complexity index is 1510. The number of hydrogen-bond acceptors (Lipinski definition) is 8. The van der Waals surface area contributed by atoms with Gasteiger partial charge in [-0.3, -0.25) is 4.79 Å². The molecule has 1 amide bonds. The second-order valence-electron chi connectivity index (χ2n) is 10.0. The Balaban J connectivity index is 1.10. The van der Waals surface area contributed by atoms with E-state index in [4.69, 9.17) is 18.9 Å². The van der Waals surface area contributed by atoms with Crippen LogP contribution in [0.3, 0.4) is 0 Å². The smallest absolute Gasteiger partial charge is 0.230 e. The van der Waals surface area contributed by atoms with Crippen molar-refractivity contribution in [2.75, 3.05) is 40.0 Å². The number of nitrogens with one attached hydrogen (secondary N) is 1. The Hall–Kier alpha value is -3.99. The van der Waals surface area contributed by atoms with Crippen LogP contribution in [0.4, 0.5) is 4.39 Å². The number of fused-ring (bicyclic) bond motifs is 2. The maximum absolute atomic E-state index is 15.0. The number of hydrogen-bond donors (Lipinski definition) is 1. The number of halogens is 1. The Labute approximate surface area is 218 Å². The molecule has 1 N–H and O–H groups in total. The van der Waals surface area contributed by atoms with Crippen molar-refractivity contribution in [2.45, 2.75) is 26.2 Å². The minimum atomic E-state index is -0.526. The Morgan fingerprint density at radius 3 is 2.71 bits per heavy atom. The number of amides is 1. The maximum Gasteiger partial charge on any atom is 0.230 e. The quantitative estimate of drug-likeness (QED) is 0.327. The van der Waals surface area contributed by atoms with Crippen molar-refractivity contribution in [2.24, 2.45) is 5.41 Å². The average Bonchev–Trinajstić information content (AvgIpc) is 3.24. The number of rotatable bonds is 9. The van der Waals surface area contributed by atoms with Crippen LogP contribution in [-0.4, -0.2) is 70.8 Å². The number of ether oxygens (including phenoxy) is 4. The summed E-state index contributed by atoms with van der Waals surface area (Å²) in [5, 5.41) is 0.881. The molecule has 5 heterocycles. The molecule has 0 unspecified atom stereocenters. The number of carbonyl (C=O) groups is 1. The highest BCUT2D eigenvalue weighted by Crippen LogP contribution is 2.39. The van der Waals surface area contributed by atoms with Gasteiger partial charge in [0.25, 0.3) is 0 Å². The summed E-state index contributed by atoms with van der Waals surface area (Å²) >= 11 is 0. The van der Waals surface area contributed by atoms with E-state index in [0.717, 1.165) is 44.8 Å². The second-order valence-corrected chi connectivity index (χ2v) is 10.0. The third-order valence-electron chi connectivity index (χ3n) is 7.05. The number of unbranched alkanes of at least 4 members (excludes halogenated alkanes) is 1. The van der Waals surface area contributed by atoms with E-state index in [0.29, 0.717) is 46.5 Å². The average molecular weight is 522 g/mol. The lowest BCUT2D eigenvalue weighted by molar-refractivity contribution is -0.195. The molecule has 0 bridgehead atoms. The van der Waals surface area contributed by atoms with Crippen molar-refractivity contribution in [3.63, 3.8) is 0 Å². The van der Waals surface area contributed by atoms with Crippen LogP contribution >= 0.6 is 0 Å². The van der Waals surface area contributed by atoms with Gasteiger partial charge in [0.2, 0.25) is 11.8 Å². The summed E-state index contributed by atoms with van der Waals surface area (Å²) in [5.41, 5.74) is 2.04. The summed E-state index contributed by atoms with van der Waals surface area (Å²) in [7, 11) is 1.54. The van der Waals surface area contributed by atoms with Crippen LogP contribution < -0.4 is 14.2 Å². The summed E-state index contributed by atoms with van der Waals surface area (Å²) in [6, 6.07) is 5.12. The van der Waals surface area contributed by atoms with E-state index in [2.05, 4.69) is 19.9 Å². The molecule has 38 heavy (non-hydrogen) atoms. The number of aromatic nitrogens is 4. The van der Waals surface area contributed by atoms with Crippen LogP contribution in [0.15, 0.2) is 30.7 Å². The molecule has 0 atom stereocenters. The SMILES string of the molecule is COc1cc2c(Oc3cnc4[nH]c(C)cc4c3F)ncnc2cc1OCCCCC(=O)N1CC2(COC2)C1. The van der Waals surface area contributed by atoms with Crippen LogP contribution in [0, 0.1) is 18.2 Å². The molecule has 1 aromatic carbocycles. The topological polar surface area (TPSA) is 112 Å². The molecule has 11 heteroatoms. The number of pyridine rings is 1. The van der Waals surface area contributed by atoms with Gasteiger partial charge in [-0.05, 0) is 31.9 Å². The van der Waals surface area contributed by atoms with Gasteiger partial charge in [-0.1, -0.05) is 0 Å². The number of H-pyrrole nitrogens is 1. The number of benzene rings is 1.